The van der Waals surface area contributed by atoms with Gasteiger partial charge >= 0.3 is 5.97 Å². The van der Waals surface area contributed by atoms with E-state index in [9.17, 15) is 9.18 Å². The Balaban J connectivity index is 2.33. The SMILES string of the molecule is COc1ccc(Cn2nnc(C(=O)O)c2CN)c(F)c1. The molecule has 106 valence electrons. The monoisotopic (exact) mass is 280 g/mol. The maximum Gasteiger partial charge on any atom is 0.358 e. The normalized spacial score (nSPS) is 10.6. The van der Waals surface area contributed by atoms with Gasteiger partial charge in [-0.25, -0.2) is 13.9 Å². The number of halogens is 1. The molecule has 0 atom stereocenters. The average molecular weight is 280 g/mol. The molecule has 3 N–H and O–H groups in total. The highest BCUT2D eigenvalue weighted by atomic mass is 19.1. The van der Waals surface area contributed by atoms with Gasteiger partial charge < -0.3 is 15.6 Å². The molecule has 0 amide bonds. The van der Waals surface area contributed by atoms with E-state index in [0.717, 1.165) is 0 Å². The molecule has 0 aliphatic carbocycles. The van der Waals surface area contributed by atoms with E-state index < -0.39 is 11.8 Å². The summed E-state index contributed by atoms with van der Waals surface area (Å²) in [5.74, 6) is -1.29. The summed E-state index contributed by atoms with van der Waals surface area (Å²) in [6.07, 6.45) is 0. The Kier molecular flexibility index (Phi) is 3.94. The van der Waals surface area contributed by atoms with Gasteiger partial charge in [0.2, 0.25) is 0 Å². The number of benzene rings is 1. The third-order valence-corrected chi connectivity index (χ3v) is 2.81. The van der Waals surface area contributed by atoms with Gasteiger partial charge in [-0.3, -0.25) is 0 Å². The van der Waals surface area contributed by atoms with Gasteiger partial charge in [-0.2, -0.15) is 0 Å². The average Bonchev–Trinajstić information content (AvgIpc) is 2.83. The Morgan fingerprint density at radius 2 is 2.30 bits per heavy atom. The summed E-state index contributed by atoms with van der Waals surface area (Å²) in [5, 5.41) is 16.2. The van der Waals surface area contributed by atoms with Crippen LogP contribution in [-0.4, -0.2) is 33.2 Å². The topological polar surface area (TPSA) is 103 Å². The van der Waals surface area contributed by atoms with Crippen molar-refractivity contribution in [1.82, 2.24) is 15.0 Å². The number of methoxy groups -OCH3 is 1. The number of aromatic nitrogens is 3. The minimum absolute atomic E-state index is 0.0443. The number of nitrogens with two attached hydrogens (primary N) is 1. The van der Waals surface area contributed by atoms with Crippen molar-refractivity contribution in [2.24, 2.45) is 5.73 Å². The number of carbonyl (C=O) groups is 1. The van der Waals surface area contributed by atoms with E-state index >= 15 is 0 Å². The Labute approximate surface area is 113 Å². The van der Waals surface area contributed by atoms with Crippen LogP contribution in [0.4, 0.5) is 4.39 Å². The van der Waals surface area contributed by atoms with Crippen molar-refractivity contribution < 1.29 is 19.0 Å². The van der Waals surface area contributed by atoms with Gasteiger partial charge in [0.25, 0.3) is 0 Å². The van der Waals surface area contributed by atoms with E-state index in [2.05, 4.69) is 10.3 Å². The fraction of sp³-hybridized carbons (Fsp3) is 0.250. The number of hydrogen-bond acceptors (Lipinski definition) is 5. The Morgan fingerprint density at radius 3 is 2.85 bits per heavy atom. The number of ether oxygens (including phenoxy) is 1. The lowest BCUT2D eigenvalue weighted by Crippen LogP contribution is -2.13. The van der Waals surface area contributed by atoms with E-state index in [-0.39, 0.29) is 24.5 Å². The molecule has 0 radical (unpaired) electrons. The zero-order valence-corrected chi connectivity index (χ0v) is 10.7. The maximum atomic E-state index is 13.8. The zero-order valence-electron chi connectivity index (χ0n) is 10.7. The van der Waals surface area contributed by atoms with Gasteiger partial charge in [-0.15, -0.1) is 5.10 Å². The summed E-state index contributed by atoms with van der Waals surface area (Å²) in [6, 6.07) is 4.39. The first kappa shape index (κ1) is 13.9. The number of aromatic carboxylic acids is 1. The van der Waals surface area contributed by atoms with Crippen molar-refractivity contribution >= 4 is 5.97 Å². The standard InChI is InChI=1S/C12H13FN4O3/c1-20-8-3-2-7(9(13)4-8)6-17-10(5-14)11(12(18)19)15-16-17/h2-4H,5-6,14H2,1H3,(H,18,19). The van der Waals surface area contributed by atoms with E-state index in [1.54, 1.807) is 6.07 Å². The van der Waals surface area contributed by atoms with Crippen LogP contribution in [0.15, 0.2) is 18.2 Å². The fourth-order valence-electron chi connectivity index (χ4n) is 1.77. The van der Waals surface area contributed by atoms with E-state index in [1.165, 1.54) is 23.9 Å². The molecule has 0 bridgehead atoms. The molecule has 20 heavy (non-hydrogen) atoms. The van der Waals surface area contributed by atoms with Crippen LogP contribution < -0.4 is 10.5 Å². The largest absolute Gasteiger partial charge is 0.497 e. The molecule has 0 spiro atoms. The van der Waals surface area contributed by atoms with Crippen molar-refractivity contribution in [1.29, 1.82) is 0 Å². The molecule has 2 aromatic rings. The van der Waals surface area contributed by atoms with Crippen LogP contribution in [0.5, 0.6) is 5.75 Å². The fourth-order valence-corrected chi connectivity index (χ4v) is 1.77. The summed E-state index contributed by atoms with van der Waals surface area (Å²) < 4.78 is 20.0. The Hall–Kier alpha value is -2.48. The minimum Gasteiger partial charge on any atom is -0.497 e. The lowest BCUT2D eigenvalue weighted by Gasteiger charge is -2.07. The van der Waals surface area contributed by atoms with Crippen LogP contribution in [0.2, 0.25) is 0 Å². The number of hydrogen-bond donors (Lipinski definition) is 2. The highest BCUT2D eigenvalue weighted by molar-refractivity contribution is 5.86. The van der Waals surface area contributed by atoms with Gasteiger partial charge in [0.05, 0.1) is 19.3 Å². The first-order chi connectivity index (χ1) is 9.56. The van der Waals surface area contributed by atoms with Gasteiger partial charge in [-0.1, -0.05) is 11.3 Å². The number of rotatable bonds is 5. The predicted octanol–water partition coefficient (Wildman–Crippen LogP) is 0.631. The molecule has 1 heterocycles. The second-order valence-electron chi connectivity index (χ2n) is 4.01. The molecule has 0 unspecified atom stereocenters. The lowest BCUT2D eigenvalue weighted by molar-refractivity contribution is 0.0689. The van der Waals surface area contributed by atoms with Crippen molar-refractivity contribution in [2.75, 3.05) is 7.11 Å². The summed E-state index contributed by atoms with van der Waals surface area (Å²) in [5.41, 5.74) is 5.85. The highest BCUT2D eigenvalue weighted by Crippen LogP contribution is 2.18. The second-order valence-corrected chi connectivity index (χ2v) is 4.01. The van der Waals surface area contributed by atoms with E-state index in [4.69, 9.17) is 15.6 Å². The number of carboxylic acid groups (broad SMARTS) is 1. The first-order valence-corrected chi connectivity index (χ1v) is 5.75. The maximum absolute atomic E-state index is 13.8. The molecule has 0 aliphatic rings. The first-order valence-electron chi connectivity index (χ1n) is 5.75. The molecular formula is C12H13FN4O3. The molecule has 7 nitrogen and oxygen atoms in total. The minimum atomic E-state index is -1.22. The summed E-state index contributed by atoms with van der Waals surface area (Å²) in [7, 11) is 1.44. The van der Waals surface area contributed by atoms with Crippen molar-refractivity contribution in [2.45, 2.75) is 13.1 Å². The smallest absolute Gasteiger partial charge is 0.358 e. The molecule has 8 heteroatoms. The molecule has 1 aromatic carbocycles. The van der Waals surface area contributed by atoms with Crippen molar-refractivity contribution in [3.63, 3.8) is 0 Å². The van der Waals surface area contributed by atoms with Crippen molar-refractivity contribution in [3.05, 3.63) is 41.0 Å². The number of carboxylic acids is 1. The molecular weight excluding hydrogens is 267 g/mol. The quantitative estimate of drug-likeness (QED) is 0.832. The molecule has 0 fully saturated rings. The van der Waals surface area contributed by atoms with Gasteiger partial charge in [0.15, 0.2) is 5.69 Å². The second kappa shape index (κ2) is 5.66. The summed E-state index contributed by atoms with van der Waals surface area (Å²) in [6.45, 7) is -0.00491. The van der Waals surface area contributed by atoms with Crippen LogP contribution in [0.3, 0.4) is 0 Å². The summed E-state index contributed by atoms with van der Waals surface area (Å²) >= 11 is 0. The third kappa shape index (κ3) is 2.59. The molecule has 1 aromatic heterocycles. The van der Waals surface area contributed by atoms with Crippen molar-refractivity contribution in [3.8, 4) is 5.75 Å². The predicted molar refractivity (Wildman–Crippen MR) is 66.9 cm³/mol. The zero-order chi connectivity index (χ0) is 14.7. The molecule has 2 rings (SSSR count). The molecule has 0 saturated heterocycles. The van der Waals surface area contributed by atoms with Crippen LogP contribution in [-0.2, 0) is 13.1 Å². The van der Waals surface area contributed by atoms with E-state index in [0.29, 0.717) is 11.3 Å². The molecule has 0 saturated carbocycles. The highest BCUT2D eigenvalue weighted by Gasteiger charge is 2.18. The third-order valence-electron chi connectivity index (χ3n) is 2.81. The van der Waals surface area contributed by atoms with E-state index in [1.807, 2.05) is 0 Å². The van der Waals surface area contributed by atoms with Gasteiger partial charge in [-0.05, 0) is 6.07 Å². The number of nitrogens with zero attached hydrogens (tertiary/aromatic N) is 3. The van der Waals surface area contributed by atoms with Crippen LogP contribution in [0.1, 0.15) is 21.7 Å². The van der Waals surface area contributed by atoms with Crippen LogP contribution in [0, 0.1) is 5.82 Å². The van der Waals surface area contributed by atoms with Crippen LogP contribution in [0.25, 0.3) is 0 Å². The Morgan fingerprint density at radius 1 is 1.55 bits per heavy atom. The lowest BCUT2D eigenvalue weighted by atomic mass is 10.2. The van der Waals surface area contributed by atoms with Gasteiger partial charge in [0, 0.05) is 18.2 Å². The molecule has 0 aliphatic heterocycles. The van der Waals surface area contributed by atoms with Gasteiger partial charge in [0.1, 0.15) is 11.6 Å². The van der Waals surface area contributed by atoms with Crippen LogP contribution >= 0.6 is 0 Å². The summed E-state index contributed by atoms with van der Waals surface area (Å²) in [4.78, 5) is 10.9. The Bertz CT molecular complexity index is 642.